The second-order valence-corrected chi connectivity index (χ2v) is 5.81. The first kappa shape index (κ1) is 15.6. The molecule has 1 unspecified atom stereocenters. The maximum Gasteiger partial charge on any atom is 0.119 e. The van der Waals surface area contributed by atoms with Gasteiger partial charge in [-0.15, -0.1) is 0 Å². The predicted octanol–water partition coefficient (Wildman–Crippen LogP) is 4.39. The van der Waals surface area contributed by atoms with Gasteiger partial charge >= 0.3 is 0 Å². The lowest BCUT2D eigenvalue weighted by molar-refractivity contribution is 0.140. The highest BCUT2D eigenvalue weighted by atomic mass is 16.5. The third-order valence-corrected chi connectivity index (χ3v) is 3.38. The minimum Gasteiger partial charge on any atom is -0.493 e. The number of aliphatic hydroxyl groups excluding tert-OH is 1. The van der Waals surface area contributed by atoms with Gasteiger partial charge in [-0.25, -0.2) is 0 Å². The van der Waals surface area contributed by atoms with E-state index in [0.717, 1.165) is 17.7 Å². The van der Waals surface area contributed by atoms with Gasteiger partial charge in [-0.05, 0) is 35.6 Å². The summed E-state index contributed by atoms with van der Waals surface area (Å²) < 4.78 is 5.63. The van der Waals surface area contributed by atoms with Crippen LogP contribution in [0.4, 0.5) is 0 Å². The number of benzene rings is 2. The Bertz CT molecular complexity index is 534. The molecule has 2 rings (SSSR count). The van der Waals surface area contributed by atoms with E-state index in [1.165, 1.54) is 5.56 Å². The summed E-state index contributed by atoms with van der Waals surface area (Å²) in [4.78, 5) is 0. The van der Waals surface area contributed by atoms with Gasteiger partial charge in [-0.2, -0.15) is 0 Å². The van der Waals surface area contributed by atoms with Crippen molar-refractivity contribution in [2.45, 2.75) is 32.8 Å². The predicted molar refractivity (Wildman–Crippen MR) is 86.5 cm³/mol. The number of aliphatic hydroxyl groups is 1. The normalized spacial score (nSPS) is 12.4. The molecule has 0 aliphatic carbocycles. The molecule has 0 radical (unpaired) electrons. The Labute approximate surface area is 127 Å². The van der Waals surface area contributed by atoms with E-state index in [-0.39, 0.29) is 0 Å². The Morgan fingerprint density at radius 2 is 1.76 bits per heavy atom. The monoisotopic (exact) mass is 284 g/mol. The van der Waals surface area contributed by atoms with E-state index in [0.29, 0.717) is 18.9 Å². The molecule has 0 heterocycles. The van der Waals surface area contributed by atoms with Gasteiger partial charge in [0.05, 0.1) is 12.7 Å². The lowest BCUT2D eigenvalue weighted by Gasteiger charge is -2.14. The molecular formula is C19H24O2. The zero-order chi connectivity index (χ0) is 15.1. The fraction of sp³-hybridized carbons (Fsp3) is 0.368. The van der Waals surface area contributed by atoms with Crippen molar-refractivity contribution in [3.63, 3.8) is 0 Å². The summed E-state index contributed by atoms with van der Waals surface area (Å²) >= 11 is 0. The van der Waals surface area contributed by atoms with Crippen LogP contribution in [-0.4, -0.2) is 11.7 Å². The molecule has 1 N–H and O–H groups in total. The second-order valence-electron chi connectivity index (χ2n) is 5.81. The van der Waals surface area contributed by atoms with Gasteiger partial charge in [0.1, 0.15) is 5.75 Å². The van der Waals surface area contributed by atoms with Crippen LogP contribution in [0.1, 0.15) is 37.5 Å². The highest BCUT2D eigenvalue weighted by Gasteiger charge is 2.09. The van der Waals surface area contributed by atoms with Crippen LogP contribution in [0.2, 0.25) is 0 Å². The van der Waals surface area contributed by atoms with E-state index in [9.17, 15) is 5.11 Å². The van der Waals surface area contributed by atoms with Crippen LogP contribution in [-0.2, 0) is 6.42 Å². The van der Waals surface area contributed by atoms with E-state index in [2.05, 4.69) is 26.0 Å². The Morgan fingerprint density at radius 3 is 2.48 bits per heavy atom. The molecule has 0 aromatic heterocycles. The molecule has 0 amide bonds. The van der Waals surface area contributed by atoms with E-state index >= 15 is 0 Å². The van der Waals surface area contributed by atoms with Crippen molar-refractivity contribution in [1.82, 2.24) is 0 Å². The maximum atomic E-state index is 10.3. The van der Waals surface area contributed by atoms with Crippen molar-refractivity contribution in [2.24, 2.45) is 5.92 Å². The van der Waals surface area contributed by atoms with Crippen LogP contribution in [0.3, 0.4) is 0 Å². The average molecular weight is 284 g/mol. The van der Waals surface area contributed by atoms with E-state index in [1.54, 1.807) is 0 Å². The number of rotatable bonds is 7. The summed E-state index contributed by atoms with van der Waals surface area (Å²) in [7, 11) is 0. The minimum atomic E-state index is -0.471. The van der Waals surface area contributed by atoms with E-state index < -0.39 is 6.10 Å². The van der Waals surface area contributed by atoms with E-state index in [4.69, 9.17) is 4.74 Å². The number of hydrogen-bond acceptors (Lipinski definition) is 2. The molecule has 2 nitrogen and oxygen atoms in total. The number of para-hydroxylation sites is 1. The third-order valence-electron chi connectivity index (χ3n) is 3.38. The van der Waals surface area contributed by atoms with Crippen molar-refractivity contribution in [2.75, 3.05) is 6.61 Å². The fourth-order valence-electron chi connectivity index (χ4n) is 2.37. The summed E-state index contributed by atoms with van der Waals surface area (Å²) in [5.74, 6) is 1.47. The first-order valence-electron chi connectivity index (χ1n) is 7.60. The molecule has 1 atom stereocenters. The molecular weight excluding hydrogens is 260 g/mol. The van der Waals surface area contributed by atoms with Gasteiger partial charge in [0.25, 0.3) is 0 Å². The van der Waals surface area contributed by atoms with Crippen LogP contribution >= 0.6 is 0 Å². The van der Waals surface area contributed by atoms with Crippen molar-refractivity contribution in [1.29, 1.82) is 0 Å². The molecule has 2 aromatic carbocycles. The molecule has 21 heavy (non-hydrogen) atoms. The molecule has 0 fully saturated rings. The molecule has 2 aromatic rings. The number of hydrogen-bond donors (Lipinski definition) is 1. The lowest BCUT2D eigenvalue weighted by Crippen LogP contribution is -2.06. The topological polar surface area (TPSA) is 29.5 Å². The molecule has 0 saturated carbocycles. The maximum absolute atomic E-state index is 10.3. The Balaban J connectivity index is 1.86. The molecule has 0 bridgehead atoms. The number of ether oxygens (including phenoxy) is 1. The molecule has 0 saturated heterocycles. The molecule has 0 aliphatic rings. The van der Waals surface area contributed by atoms with Gasteiger partial charge in [0.15, 0.2) is 0 Å². The zero-order valence-electron chi connectivity index (χ0n) is 12.8. The summed E-state index contributed by atoms with van der Waals surface area (Å²) in [6, 6.07) is 17.9. The second kappa shape index (κ2) is 7.84. The van der Waals surface area contributed by atoms with Crippen LogP contribution in [0.25, 0.3) is 0 Å². The average Bonchev–Trinajstić information content (AvgIpc) is 2.48. The molecule has 0 spiro atoms. The first-order chi connectivity index (χ1) is 10.1. The van der Waals surface area contributed by atoms with E-state index in [1.807, 2.05) is 42.5 Å². The largest absolute Gasteiger partial charge is 0.493 e. The summed E-state index contributed by atoms with van der Waals surface area (Å²) in [6.07, 6.45) is 1.17. The van der Waals surface area contributed by atoms with Crippen LogP contribution in [0.5, 0.6) is 5.75 Å². The van der Waals surface area contributed by atoms with Crippen LogP contribution < -0.4 is 4.74 Å². The summed E-state index contributed by atoms with van der Waals surface area (Å²) in [5.41, 5.74) is 2.26. The Hall–Kier alpha value is -1.80. The van der Waals surface area contributed by atoms with Gasteiger partial charge < -0.3 is 9.84 Å². The molecule has 112 valence electrons. The highest BCUT2D eigenvalue weighted by Crippen LogP contribution is 2.20. The minimum absolute atomic E-state index is 0.471. The quantitative estimate of drug-likeness (QED) is 0.817. The third kappa shape index (κ3) is 5.24. The molecule has 0 aliphatic heterocycles. The van der Waals surface area contributed by atoms with Crippen LogP contribution in [0, 0.1) is 5.92 Å². The van der Waals surface area contributed by atoms with Gasteiger partial charge in [-0.3, -0.25) is 0 Å². The summed E-state index contributed by atoms with van der Waals surface area (Å²) in [5, 5.41) is 10.3. The smallest absolute Gasteiger partial charge is 0.119 e. The Morgan fingerprint density at radius 1 is 1.00 bits per heavy atom. The highest BCUT2D eigenvalue weighted by molar-refractivity contribution is 5.25. The van der Waals surface area contributed by atoms with Crippen molar-refractivity contribution in [3.05, 3.63) is 65.7 Å². The van der Waals surface area contributed by atoms with Crippen LogP contribution in [0.15, 0.2) is 54.6 Å². The van der Waals surface area contributed by atoms with Crippen molar-refractivity contribution < 1.29 is 9.84 Å². The van der Waals surface area contributed by atoms with Gasteiger partial charge in [0.2, 0.25) is 0 Å². The standard InChI is InChI=1S/C19H24O2/c1-15(2)13-16-7-6-8-17(14-16)19(20)11-12-21-18-9-4-3-5-10-18/h3-10,14-15,19-20H,11-13H2,1-2H3. The fourth-order valence-corrected chi connectivity index (χ4v) is 2.37. The summed E-state index contributed by atoms with van der Waals surface area (Å²) in [6.45, 7) is 4.92. The van der Waals surface area contributed by atoms with Crippen molar-refractivity contribution >= 4 is 0 Å². The Kier molecular flexibility index (Phi) is 5.82. The lowest BCUT2D eigenvalue weighted by atomic mass is 9.98. The zero-order valence-corrected chi connectivity index (χ0v) is 12.8. The van der Waals surface area contributed by atoms with Crippen molar-refractivity contribution in [3.8, 4) is 5.75 Å². The van der Waals surface area contributed by atoms with Gasteiger partial charge in [0, 0.05) is 6.42 Å². The first-order valence-corrected chi connectivity index (χ1v) is 7.60. The molecule has 2 heteroatoms. The van der Waals surface area contributed by atoms with Gasteiger partial charge in [-0.1, -0.05) is 56.3 Å². The SMILES string of the molecule is CC(C)Cc1cccc(C(O)CCOc2ccccc2)c1.